The molecule has 4 aromatic heterocycles. The van der Waals surface area contributed by atoms with Crippen LogP contribution in [0.25, 0.3) is 33.2 Å². The lowest BCUT2D eigenvalue weighted by molar-refractivity contribution is -0.150. The zero-order valence-corrected chi connectivity index (χ0v) is 51.2. The van der Waals surface area contributed by atoms with Crippen molar-refractivity contribution in [3.63, 3.8) is 0 Å². The highest BCUT2D eigenvalue weighted by molar-refractivity contribution is 9.10. The number of hydrogen-bond acceptors (Lipinski definition) is 12. The minimum absolute atomic E-state index is 0. The van der Waals surface area contributed by atoms with Gasteiger partial charge in [0.15, 0.2) is 11.6 Å². The van der Waals surface area contributed by atoms with Gasteiger partial charge >= 0.3 is 12.4 Å². The number of ether oxygens (including phenoxy) is 2. The first-order valence-corrected chi connectivity index (χ1v) is 31.0. The third-order valence-electron chi connectivity index (χ3n) is 12.1. The van der Waals surface area contributed by atoms with Crippen molar-refractivity contribution in [3.8, 4) is 46.2 Å². The van der Waals surface area contributed by atoms with E-state index in [0.717, 1.165) is 10.6 Å². The monoisotopic (exact) mass is 1310 g/mol. The molecular weight excluding hydrogens is 1270 g/mol. The summed E-state index contributed by atoms with van der Waals surface area (Å²) in [4.78, 5) is 25.3. The average molecular weight is 1320 g/mol. The van der Waals surface area contributed by atoms with Gasteiger partial charge in [-0.1, -0.05) is 41.8 Å². The van der Waals surface area contributed by atoms with Crippen LogP contribution in [0.15, 0.2) is 142 Å². The van der Waals surface area contributed by atoms with Gasteiger partial charge < -0.3 is 18.5 Å². The summed E-state index contributed by atoms with van der Waals surface area (Å²) in [5.41, 5.74) is 2.62. The Kier molecular flexibility index (Phi) is 19.9. The fourth-order valence-electron chi connectivity index (χ4n) is 7.95. The number of nitrogens with one attached hydrogen (secondary N) is 2. The maximum atomic E-state index is 15.0. The molecule has 83 heavy (non-hydrogen) atoms. The van der Waals surface area contributed by atoms with Gasteiger partial charge in [-0.3, -0.25) is 28.2 Å². The molecule has 4 aromatic carbocycles. The summed E-state index contributed by atoms with van der Waals surface area (Å²) in [6.07, 6.45) is -5.86. The molecule has 4 heterocycles. The zero-order valence-electron chi connectivity index (χ0n) is 44.1. The molecule has 0 amide bonds. The maximum Gasteiger partial charge on any atom is 0.393 e. The second-order valence-electron chi connectivity index (χ2n) is 19.1. The molecule has 10 rings (SSSR count). The van der Waals surface area contributed by atoms with Crippen molar-refractivity contribution >= 4 is 97.3 Å². The SMILES string of the molecule is COc1cc(Br)c(F)cc1-n1c(=O)ccc2cc(S(=O)(=O)Nc3ccon3)ccc21.COc1cc(C#CC2CC2C(F)(F)F)c(F)cc1-n1c(=O)ccc2cc(S(=O)(=O)Nc3ccon3)ccc21.C[Si](C)(C)C#CC1CC1C(F)(F)F.P.P. The highest BCUT2D eigenvalue weighted by Gasteiger charge is 2.56. The van der Waals surface area contributed by atoms with Gasteiger partial charge in [0.1, 0.15) is 43.7 Å². The summed E-state index contributed by atoms with van der Waals surface area (Å²) >= 11 is 3.09. The second-order valence-corrected chi connectivity index (χ2v) is 28.1. The third-order valence-corrected chi connectivity index (χ3v) is 16.3. The lowest BCUT2D eigenvalue weighted by atomic mass is 10.1. The van der Waals surface area contributed by atoms with Crippen LogP contribution in [0.3, 0.4) is 0 Å². The largest absolute Gasteiger partial charge is 0.495 e. The van der Waals surface area contributed by atoms with Crippen LogP contribution in [0.5, 0.6) is 11.5 Å². The molecule has 440 valence electrons. The Balaban J connectivity index is 0.000000219. The normalized spacial score (nSPS) is 16.4. The molecule has 2 aliphatic carbocycles. The highest BCUT2D eigenvalue weighted by atomic mass is 79.9. The highest BCUT2D eigenvalue weighted by Crippen LogP contribution is 2.50. The molecular formula is C53H49BrF8N6O10P2S2Si. The molecule has 2 aliphatic rings. The van der Waals surface area contributed by atoms with Crippen molar-refractivity contribution in [2.75, 3.05) is 23.7 Å². The predicted molar refractivity (Wildman–Crippen MR) is 310 cm³/mol. The first kappa shape index (κ1) is 65.1. The standard InChI is InChI=1S/C25H17F4N3O5S.C19H13BrFN3O5S.C9H13F3Si.2H3P/c1-36-22-12-15(3-2-14-11-18(14)25(27,28)29)19(26)13-21(22)32-20-6-5-17(10-16(20)4-7-24(32)33)38(34,35)31-23-8-9-37-30-23;1-28-17-9-13(20)14(21)10-16(17)24-15-4-3-12(8-11(15)2-5-19(24)25)30(26,27)23-18-6-7-29-22-18;1-13(2,3)5-4-7-6-8(7)9(10,11)12;;/h4-10,12-14,18H,11H2,1H3,(H,30,31);2-10H,1H3,(H,22,23);7-8H,6H2,1-3H3;2*1H3. The van der Waals surface area contributed by atoms with E-state index in [4.69, 9.17) is 9.47 Å². The molecule has 0 radical (unpaired) electrons. The third kappa shape index (κ3) is 15.6. The first-order valence-electron chi connectivity index (χ1n) is 23.7. The fourth-order valence-corrected chi connectivity index (χ4v) is 10.9. The molecule has 2 N–H and O–H groups in total. The summed E-state index contributed by atoms with van der Waals surface area (Å²) in [6, 6.07) is 21.0. The van der Waals surface area contributed by atoms with E-state index in [2.05, 4.69) is 68.0 Å². The van der Waals surface area contributed by atoms with Crippen LogP contribution < -0.4 is 30.0 Å². The number of hydrogen-bond donors (Lipinski definition) is 2. The van der Waals surface area contributed by atoms with Crippen LogP contribution in [0, 0.1) is 58.6 Å². The van der Waals surface area contributed by atoms with Gasteiger partial charge in [-0.15, -0.1) is 11.5 Å². The van der Waals surface area contributed by atoms with Crippen molar-refractivity contribution in [1.82, 2.24) is 19.4 Å². The van der Waals surface area contributed by atoms with E-state index in [-0.39, 0.29) is 92.5 Å². The number of pyridine rings is 2. The molecule has 2 saturated carbocycles. The average Bonchev–Trinajstić information content (AvgIpc) is 2.83. The zero-order chi connectivity index (χ0) is 59.0. The van der Waals surface area contributed by atoms with Gasteiger partial charge in [0.25, 0.3) is 31.2 Å². The summed E-state index contributed by atoms with van der Waals surface area (Å²) in [7, 11) is -6.79. The van der Waals surface area contributed by atoms with Crippen LogP contribution in [0.2, 0.25) is 19.6 Å². The Hall–Kier alpha value is -7.06. The Morgan fingerprint density at radius 2 is 1.06 bits per heavy atom. The van der Waals surface area contributed by atoms with Crippen molar-refractivity contribution in [1.29, 1.82) is 0 Å². The van der Waals surface area contributed by atoms with Crippen LogP contribution in [-0.2, 0) is 20.0 Å². The molecule has 6 unspecified atom stereocenters. The van der Waals surface area contributed by atoms with Gasteiger partial charge in [0, 0.05) is 65.1 Å². The van der Waals surface area contributed by atoms with Crippen molar-refractivity contribution in [2.24, 2.45) is 23.7 Å². The van der Waals surface area contributed by atoms with Crippen LogP contribution >= 0.6 is 35.7 Å². The Morgan fingerprint density at radius 1 is 0.627 bits per heavy atom. The number of fused-ring (bicyclic) bond motifs is 2. The van der Waals surface area contributed by atoms with Gasteiger partial charge in [-0.05, 0) is 83.4 Å². The minimum atomic E-state index is -4.35. The Labute approximate surface area is 484 Å². The van der Waals surface area contributed by atoms with E-state index < -0.39 is 86.9 Å². The topological polar surface area (TPSA) is 207 Å². The predicted octanol–water partition coefficient (Wildman–Crippen LogP) is 11.3. The van der Waals surface area contributed by atoms with E-state index in [1.165, 1.54) is 122 Å². The van der Waals surface area contributed by atoms with Gasteiger partial charge in [-0.2, -0.15) is 46.1 Å². The summed E-state index contributed by atoms with van der Waals surface area (Å²) < 4.78 is 181. The number of alkyl halides is 6. The van der Waals surface area contributed by atoms with Crippen LogP contribution in [-0.4, -0.2) is 70.9 Å². The number of rotatable bonds is 10. The molecule has 30 heteroatoms. The molecule has 2 fully saturated rings. The van der Waals surface area contributed by atoms with E-state index in [0.29, 0.717) is 16.3 Å². The number of sulfonamides is 2. The molecule has 0 saturated heterocycles. The maximum absolute atomic E-state index is 15.0. The summed E-state index contributed by atoms with van der Waals surface area (Å²) in [5.74, 6) is 2.55. The van der Waals surface area contributed by atoms with Gasteiger partial charge in [0.2, 0.25) is 0 Å². The lowest BCUT2D eigenvalue weighted by Crippen LogP contribution is -2.19. The summed E-state index contributed by atoms with van der Waals surface area (Å²) in [6.45, 7) is 6.10. The van der Waals surface area contributed by atoms with Gasteiger partial charge in [0.05, 0.1) is 68.3 Å². The molecule has 0 bridgehead atoms. The number of halogens is 9. The fraction of sp³-hybridized carbons (Fsp3) is 0.245. The van der Waals surface area contributed by atoms with Crippen LogP contribution in [0.4, 0.5) is 46.8 Å². The minimum Gasteiger partial charge on any atom is -0.495 e. The van der Waals surface area contributed by atoms with Crippen molar-refractivity contribution < 1.29 is 70.5 Å². The molecule has 6 atom stereocenters. The molecule has 8 aromatic rings. The smallest absolute Gasteiger partial charge is 0.393 e. The Morgan fingerprint density at radius 3 is 1.46 bits per heavy atom. The second kappa shape index (κ2) is 25.4. The molecule has 0 aliphatic heterocycles. The number of methoxy groups -OCH3 is 2. The summed E-state index contributed by atoms with van der Waals surface area (Å²) in [5, 5.41) is 7.82. The number of anilines is 2. The number of nitrogens with zero attached hydrogens (tertiary/aromatic N) is 4. The van der Waals surface area contributed by atoms with E-state index in [1.54, 1.807) is 0 Å². The van der Waals surface area contributed by atoms with Crippen molar-refractivity contribution in [2.45, 2.75) is 54.6 Å². The molecule has 0 spiro atoms. The van der Waals surface area contributed by atoms with Crippen molar-refractivity contribution in [3.05, 3.63) is 152 Å². The first-order chi connectivity index (χ1) is 38.0. The van der Waals surface area contributed by atoms with E-state index in [1.807, 2.05) is 19.6 Å². The number of aromatic nitrogens is 4. The van der Waals surface area contributed by atoms with Gasteiger partial charge in [-0.25, -0.2) is 25.6 Å². The van der Waals surface area contributed by atoms with Crippen LogP contribution in [0.1, 0.15) is 18.4 Å². The lowest BCUT2D eigenvalue weighted by Gasteiger charge is -2.15. The van der Waals surface area contributed by atoms with E-state index >= 15 is 0 Å². The number of benzene rings is 4. The van der Waals surface area contributed by atoms with E-state index in [9.17, 15) is 61.5 Å². The Bertz CT molecular complexity index is 4200. The quantitative estimate of drug-likeness (QED) is 0.0568. The molecule has 16 nitrogen and oxygen atoms in total.